The predicted octanol–water partition coefficient (Wildman–Crippen LogP) is 11.1. The van der Waals surface area contributed by atoms with Crippen LogP contribution in [0.5, 0.6) is 5.75 Å². The molecule has 3 aromatic carbocycles. The SMILES string of the molecule is CCC(CC)(CC)COc1cc(C)c(-c2ccc(-c3ccc(CCC4CCC(C)CC4)cc3)cc2)cc1CP. The molecule has 3 aromatic rings. The maximum atomic E-state index is 6.47. The molecular formula is C37H51OP. The Morgan fingerprint density at radius 1 is 0.795 bits per heavy atom. The summed E-state index contributed by atoms with van der Waals surface area (Å²) in [6.07, 6.45) is 12.6. The van der Waals surface area contributed by atoms with Crippen LogP contribution < -0.4 is 4.74 Å². The second-order valence-electron chi connectivity index (χ2n) is 12.3. The van der Waals surface area contributed by atoms with Gasteiger partial charge in [0.1, 0.15) is 5.75 Å². The third-order valence-electron chi connectivity index (χ3n) is 9.87. The molecule has 0 aliphatic heterocycles. The van der Waals surface area contributed by atoms with Gasteiger partial charge in [-0.25, -0.2) is 0 Å². The summed E-state index contributed by atoms with van der Waals surface area (Å²) in [5.41, 5.74) is 9.43. The summed E-state index contributed by atoms with van der Waals surface area (Å²) in [4.78, 5) is 0. The van der Waals surface area contributed by atoms with E-state index >= 15 is 0 Å². The molecule has 1 aliphatic rings. The van der Waals surface area contributed by atoms with Crippen molar-refractivity contribution in [2.45, 2.75) is 98.6 Å². The fraction of sp³-hybridized carbons (Fsp3) is 0.514. The van der Waals surface area contributed by atoms with Crippen molar-refractivity contribution in [1.82, 2.24) is 0 Å². The Kier molecular flexibility index (Phi) is 10.7. The van der Waals surface area contributed by atoms with E-state index in [1.165, 1.54) is 77.5 Å². The van der Waals surface area contributed by atoms with Gasteiger partial charge >= 0.3 is 0 Å². The molecule has 39 heavy (non-hydrogen) atoms. The zero-order valence-corrected chi connectivity index (χ0v) is 26.3. The van der Waals surface area contributed by atoms with E-state index < -0.39 is 0 Å². The van der Waals surface area contributed by atoms with Crippen molar-refractivity contribution >= 4 is 9.24 Å². The van der Waals surface area contributed by atoms with Crippen molar-refractivity contribution in [2.75, 3.05) is 6.61 Å². The van der Waals surface area contributed by atoms with Gasteiger partial charge in [0.15, 0.2) is 0 Å². The van der Waals surface area contributed by atoms with E-state index in [2.05, 4.69) is 105 Å². The van der Waals surface area contributed by atoms with E-state index in [1.54, 1.807) is 0 Å². The summed E-state index contributed by atoms with van der Waals surface area (Å²) in [6.45, 7) is 12.3. The molecule has 0 spiro atoms. The largest absolute Gasteiger partial charge is 0.493 e. The normalized spacial score (nSPS) is 17.8. The highest BCUT2D eigenvalue weighted by Crippen LogP contribution is 2.36. The summed E-state index contributed by atoms with van der Waals surface area (Å²) in [6, 6.07) is 23.0. The molecule has 0 radical (unpaired) electrons. The Labute approximate surface area is 241 Å². The van der Waals surface area contributed by atoms with Crippen LogP contribution in [0.25, 0.3) is 22.3 Å². The van der Waals surface area contributed by atoms with Crippen LogP contribution in [-0.2, 0) is 12.6 Å². The van der Waals surface area contributed by atoms with E-state index in [1.807, 2.05) is 0 Å². The number of rotatable bonds is 12. The minimum absolute atomic E-state index is 0.271. The average Bonchev–Trinajstić information content (AvgIpc) is 2.98. The molecule has 1 saturated carbocycles. The van der Waals surface area contributed by atoms with Crippen LogP contribution in [0.3, 0.4) is 0 Å². The third-order valence-corrected chi connectivity index (χ3v) is 10.3. The lowest BCUT2D eigenvalue weighted by Gasteiger charge is -2.30. The van der Waals surface area contributed by atoms with Gasteiger partial charge < -0.3 is 4.74 Å². The summed E-state index contributed by atoms with van der Waals surface area (Å²) in [5, 5.41) is 0. The Hall–Kier alpha value is -2.11. The molecule has 1 atom stereocenters. The number of ether oxygens (including phenoxy) is 1. The molecule has 0 heterocycles. The molecular weight excluding hydrogens is 491 g/mol. The summed E-state index contributed by atoms with van der Waals surface area (Å²) < 4.78 is 6.47. The molecule has 210 valence electrons. The minimum atomic E-state index is 0.271. The van der Waals surface area contributed by atoms with Crippen LogP contribution >= 0.6 is 9.24 Å². The lowest BCUT2D eigenvalue weighted by molar-refractivity contribution is 0.127. The first-order chi connectivity index (χ1) is 18.9. The van der Waals surface area contributed by atoms with Crippen molar-refractivity contribution in [2.24, 2.45) is 17.3 Å². The fourth-order valence-corrected chi connectivity index (χ4v) is 6.63. The van der Waals surface area contributed by atoms with Crippen molar-refractivity contribution < 1.29 is 4.74 Å². The highest BCUT2D eigenvalue weighted by molar-refractivity contribution is 7.15. The van der Waals surface area contributed by atoms with E-state index in [0.29, 0.717) is 0 Å². The van der Waals surface area contributed by atoms with E-state index in [9.17, 15) is 0 Å². The maximum Gasteiger partial charge on any atom is 0.123 e. The van der Waals surface area contributed by atoms with Crippen molar-refractivity contribution in [1.29, 1.82) is 0 Å². The molecule has 2 heteroatoms. The molecule has 1 fully saturated rings. The van der Waals surface area contributed by atoms with E-state index in [4.69, 9.17) is 4.74 Å². The van der Waals surface area contributed by atoms with Crippen LogP contribution in [0.1, 0.15) is 95.8 Å². The monoisotopic (exact) mass is 542 g/mol. The fourth-order valence-electron chi connectivity index (χ4n) is 6.31. The van der Waals surface area contributed by atoms with Crippen molar-refractivity contribution in [3.8, 4) is 28.0 Å². The molecule has 4 rings (SSSR count). The number of benzene rings is 3. The average molecular weight is 543 g/mol. The van der Waals surface area contributed by atoms with Gasteiger partial charge in [0.25, 0.3) is 0 Å². The Morgan fingerprint density at radius 2 is 1.36 bits per heavy atom. The van der Waals surface area contributed by atoms with Gasteiger partial charge in [0.2, 0.25) is 0 Å². The number of hydrogen-bond donors (Lipinski definition) is 0. The highest BCUT2D eigenvalue weighted by atomic mass is 31.0. The standard InChI is InChI=1S/C37H51OP/c1-6-37(7-2,8-3)26-38-36-23-28(5)35(24-34(36)25-39)33-21-19-32(20-22-33)31-17-15-30(16-18-31)14-13-29-11-9-27(4)10-12-29/h15-24,27,29H,6-14,25-26,39H2,1-5H3. The first-order valence-corrected chi connectivity index (χ1v) is 16.4. The first kappa shape index (κ1) is 29.9. The molecule has 0 amide bonds. The van der Waals surface area contributed by atoms with Crippen molar-refractivity contribution in [3.05, 3.63) is 77.4 Å². The van der Waals surface area contributed by atoms with Crippen LogP contribution in [0.2, 0.25) is 0 Å². The van der Waals surface area contributed by atoms with Gasteiger partial charge in [-0.3, -0.25) is 0 Å². The topological polar surface area (TPSA) is 9.23 Å². The second-order valence-corrected chi connectivity index (χ2v) is 12.7. The second kappa shape index (κ2) is 14.0. The van der Waals surface area contributed by atoms with Gasteiger partial charge in [0.05, 0.1) is 6.61 Å². The molecule has 0 N–H and O–H groups in total. The Balaban J connectivity index is 1.42. The van der Waals surface area contributed by atoms with Crippen LogP contribution in [-0.4, -0.2) is 6.61 Å². The van der Waals surface area contributed by atoms with Crippen LogP contribution in [0, 0.1) is 24.2 Å². The first-order valence-electron chi connectivity index (χ1n) is 15.6. The van der Waals surface area contributed by atoms with Crippen LogP contribution in [0.15, 0.2) is 60.7 Å². The predicted molar refractivity (Wildman–Crippen MR) is 174 cm³/mol. The zero-order chi connectivity index (χ0) is 27.8. The van der Waals surface area contributed by atoms with E-state index in [0.717, 1.165) is 49.6 Å². The lowest BCUT2D eigenvalue weighted by atomic mass is 9.80. The third kappa shape index (κ3) is 7.55. The number of aryl methyl sites for hydroxylation is 2. The van der Waals surface area contributed by atoms with Gasteiger partial charge in [-0.05, 0) is 108 Å². The van der Waals surface area contributed by atoms with Gasteiger partial charge in [-0.15, -0.1) is 9.24 Å². The smallest absolute Gasteiger partial charge is 0.123 e. The van der Waals surface area contributed by atoms with Crippen LogP contribution in [0.4, 0.5) is 0 Å². The van der Waals surface area contributed by atoms with Crippen molar-refractivity contribution in [3.63, 3.8) is 0 Å². The van der Waals surface area contributed by atoms with E-state index in [-0.39, 0.29) is 5.41 Å². The maximum absolute atomic E-state index is 6.47. The quantitative estimate of drug-likeness (QED) is 0.207. The number of hydrogen-bond acceptors (Lipinski definition) is 1. The summed E-state index contributed by atoms with van der Waals surface area (Å²) >= 11 is 0. The van der Waals surface area contributed by atoms with Gasteiger partial charge in [-0.1, -0.05) is 102 Å². The van der Waals surface area contributed by atoms with Gasteiger partial charge in [-0.2, -0.15) is 0 Å². The van der Waals surface area contributed by atoms with Gasteiger partial charge in [0, 0.05) is 5.41 Å². The summed E-state index contributed by atoms with van der Waals surface area (Å²) in [7, 11) is 2.89. The molecule has 0 aromatic heterocycles. The molecule has 1 nitrogen and oxygen atoms in total. The highest BCUT2D eigenvalue weighted by Gasteiger charge is 2.25. The molecule has 1 unspecified atom stereocenters. The molecule has 0 bridgehead atoms. The Morgan fingerprint density at radius 3 is 1.92 bits per heavy atom. The molecule has 1 aliphatic carbocycles. The Bertz CT molecular complexity index is 1160. The molecule has 0 saturated heterocycles. The zero-order valence-electron chi connectivity index (χ0n) is 25.2. The minimum Gasteiger partial charge on any atom is -0.493 e. The summed E-state index contributed by atoms with van der Waals surface area (Å²) in [5.74, 6) is 2.91. The lowest BCUT2D eigenvalue weighted by Crippen LogP contribution is -2.26.